The van der Waals surface area contributed by atoms with Crippen molar-refractivity contribution in [3.63, 3.8) is 0 Å². The molecule has 1 saturated carbocycles. The van der Waals surface area contributed by atoms with Gasteiger partial charge in [0.1, 0.15) is 0 Å². The molecule has 1 aromatic heterocycles. The van der Waals surface area contributed by atoms with Gasteiger partial charge in [-0.1, -0.05) is 30.0 Å². The van der Waals surface area contributed by atoms with Gasteiger partial charge in [0.25, 0.3) is 0 Å². The molecule has 0 aliphatic heterocycles. The molecule has 0 amide bonds. The quantitative estimate of drug-likeness (QED) is 0.817. The first-order chi connectivity index (χ1) is 8.46. The number of hydrogen-bond acceptors (Lipinski definition) is 3. The molecule has 18 heavy (non-hydrogen) atoms. The lowest BCUT2D eigenvalue weighted by atomic mass is 9.79. The fraction of sp³-hybridized carbons (Fsp3) is 0.643. The maximum Gasteiger partial charge on any atom is 0.0622 e. The van der Waals surface area contributed by atoms with Crippen LogP contribution in [0.3, 0.4) is 0 Å². The second kappa shape index (κ2) is 5.81. The Morgan fingerprint density at radius 1 is 1.39 bits per heavy atom. The summed E-state index contributed by atoms with van der Waals surface area (Å²) in [4.78, 5) is 4.47. The predicted molar refractivity (Wildman–Crippen MR) is 79.8 cm³/mol. The Bertz CT molecular complexity index is 382. The van der Waals surface area contributed by atoms with E-state index in [1.165, 1.54) is 19.3 Å². The molecular weight excluding hydrogens is 264 g/mol. The molecule has 1 aromatic rings. The van der Waals surface area contributed by atoms with E-state index in [2.05, 4.69) is 30.5 Å². The van der Waals surface area contributed by atoms with Crippen molar-refractivity contribution in [1.29, 1.82) is 0 Å². The summed E-state index contributed by atoms with van der Waals surface area (Å²) in [5.74, 6) is 0.716. The minimum atomic E-state index is 0.217. The molecule has 4 heteroatoms. The largest absolute Gasteiger partial charge is 0.258 e. The van der Waals surface area contributed by atoms with E-state index in [9.17, 15) is 0 Å². The standard InChI is InChI=1S/C14H21ClN2S/c1-14(2,3)18-17-13(10-5-4-6-10)12-8-7-11(15)9-16-12/h7-10,13,17H,4-6H2,1-3H3. The van der Waals surface area contributed by atoms with Crippen molar-refractivity contribution in [3.8, 4) is 0 Å². The van der Waals surface area contributed by atoms with Crippen LogP contribution in [0, 0.1) is 5.92 Å². The van der Waals surface area contributed by atoms with Crippen molar-refractivity contribution < 1.29 is 0 Å². The Kier molecular flexibility index (Phi) is 4.57. The number of hydrogen-bond donors (Lipinski definition) is 1. The van der Waals surface area contributed by atoms with Gasteiger partial charge < -0.3 is 0 Å². The summed E-state index contributed by atoms with van der Waals surface area (Å²) in [6.45, 7) is 6.66. The third kappa shape index (κ3) is 3.87. The van der Waals surface area contributed by atoms with E-state index in [0.29, 0.717) is 17.0 Å². The van der Waals surface area contributed by atoms with Gasteiger partial charge in [0.2, 0.25) is 0 Å². The maximum absolute atomic E-state index is 5.91. The smallest absolute Gasteiger partial charge is 0.0622 e. The van der Waals surface area contributed by atoms with E-state index in [0.717, 1.165) is 5.69 Å². The molecule has 0 saturated heterocycles. The van der Waals surface area contributed by atoms with Gasteiger partial charge in [-0.2, -0.15) is 0 Å². The van der Waals surface area contributed by atoms with E-state index in [1.54, 1.807) is 18.1 Å². The van der Waals surface area contributed by atoms with E-state index in [-0.39, 0.29) is 4.75 Å². The average Bonchev–Trinajstić information content (AvgIpc) is 2.21. The Morgan fingerprint density at radius 3 is 2.56 bits per heavy atom. The molecule has 0 spiro atoms. The molecule has 1 aliphatic rings. The van der Waals surface area contributed by atoms with Crippen LogP contribution in [0.1, 0.15) is 51.8 Å². The van der Waals surface area contributed by atoms with Crippen LogP contribution in [0.15, 0.2) is 18.3 Å². The molecule has 1 heterocycles. The Hall–Kier alpha value is -0.250. The third-order valence-corrected chi connectivity index (χ3v) is 4.39. The highest BCUT2D eigenvalue weighted by molar-refractivity contribution is 7.98. The maximum atomic E-state index is 5.91. The molecule has 0 bridgehead atoms. The van der Waals surface area contributed by atoms with E-state index < -0.39 is 0 Å². The fourth-order valence-corrected chi connectivity index (χ4v) is 2.89. The molecule has 0 radical (unpaired) electrons. The highest BCUT2D eigenvalue weighted by atomic mass is 35.5. The Balaban J connectivity index is 2.07. The summed E-state index contributed by atoms with van der Waals surface area (Å²) in [6.07, 6.45) is 5.68. The van der Waals surface area contributed by atoms with Crippen molar-refractivity contribution >= 4 is 23.5 Å². The monoisotopic (exact) mass is 284 g/mol. The molecule has 2 rings (SSSR count). The molecular formula is C14H21ClN2S. The first-order valence-electron chi connectivity index (χ1n) is 6.51. The highest BCUT2D eigenvalue weighted by Crippen LogP contribution is 2.39. The molecule has 100 valence electrons. The van der Waals surface area contributed by atoms with Crippen molar-refractivity contribution in [2.45, 2.75) is 50.8 Å². The first-order valence-corrected chi connectivity index (χ1v) is 7.70. The van der Waals surface area contributed by atoms with Crippen LogP contribution in [-0.4, -0.2) is 9.73 Å². The van der Waals surface area contributed by atoms with Crippen LogP contribution in [-0.2, 0) is 0 Å². The zero-order chi connectivity index (χ0) is 13.2. The molecule has 1 unspecified atom stereocenters. The van der Waals surface area contributed by atoms with E-state index in [1.807, 2.05) is 12.1 Å². The van der Waals surface area contributed by atoms with Gasteiger partial charge in [-0.25, -0.2) is 0 Å². The van der Waals surface area contributed by atoms with Gasteiger partial charge in [0.15, 0.2) is 0 Å². The van der Waals surface area contributed by atoms with E-state index in [4.69, 9.17) is 11.6 Å². The lowest BCUT2D eigenvalue weighted by Gasteiger charge is -2.35. The van der Waals surface area contributed by atoms with Crippen molar-refractivity contribution in [2.75, 3.05) is 0 Å². The molecule has 0 aromatic carbocycles. The summed E-state index contributed by atoms with van der Waals surface area (Å²) < 4.78 is 3.83. The van der Waals surface area contributed by atoms with Gasteiger partial charge in [-0.05, 0) is 51.7 Å². The van der Waals surface area contributed by atoms with Gasteiger partial charge in [-0.15, -0.1) is 0 Å². The van der Waals surface area contributed by atoms with Crippen molar-refractivity contribution in [2.24, 2.45) is 5.92 Å². The Labute approximate surface area is 119 Å². The minimum Gasteiger partial charge on any atom is -0.258 e. The number of halogens is 1. The molecule has 1 atom stereocenters. The predicted octanol–water partition coefficient (Wildman–Crippen LogP) is 4.61. The van der Waals surface area contributed by atoms with Gasteiger partial charge >= 0.3 is 0 Å². The van der Waals surface area contributed by atoms with E-state index >= 15 is 0 Å². The van der Waals surface area contributed by atoms with Crippen LogP contribution in [0.4, 0.5) is 0 Å². The normalized spacial score (nSPS) is 18.4. The lowest BCUT2D eigenvalue weighted by molar-refractivity contribution is 0.250. The summed E-state index contributed by atoms with van der Waals surface area (Å²) >= 11 is 7.70. The van der Waals surface area contributed by atoms with Gasteiger partial charge in [-0.3, -0.25) is 9.71 Å². The third-order valence-electron chi connectivity index (χ3n) is 3.18. The number of pyridine rings is 1. The highest BCUT2D eigenvalue weighted by Gasteiger charge is 2.30. The SMILES string of the molecule is CC(C)(C)SNC(c1ccc(Cl)cn1)C1CCC1. The molecule has 1 fully saturated rings. The summed E-state index contributed by atoms with van der Waals surface area (Å²) in [5, 5.41) is 0.703. The number of nitrogens with zero attached hydrogens (tertiary/aromatic N) is 1. The Morgan fingerprint density at radius 2 is 2.11 bits per heavy atom. The molecule has 1 N–H and O–H groups in total. The lowest BCUT2D eigenvalue weighted by Crippen LogP contribution is -2.31. The molecule has 1 aliphatic carbocycles. The summed E-state index contributed by atoms with van der Waals surface area (Å²) in [5.41, 5.74) is 1.11. The van der Waals surface area contributed by atoms with Gasteiger partial charge in [0, 0.05) is 10.9 Å². The number of aromatic nitrogens is 1. The summed E-state index contributed by atoms with van der Waals surface area (Å²) in [7, 11) is 0. The van der Waals surface area contributed by atoms with Crippen LogP contribution < -0.4 is 4.72 Å². The van der Waals surface area contributed by atoms with Crippen LogP contribution in [0.25, 0.3) is 0 Å². The van der Waals surface area contributed by atoms with Crippen molar-refractivity contribution in [3.05, 3.63) is 29.0 Å². The zero-order valence-corrected chi connectivity index (χ0v) is 12.8. The fourth-order valence-electron chi connectivity index (χ4n) is 1.98. The zero-order valence-electron chi connectivity index (χ0n) is 11.2. The molecule has 2 nitrogen and oxygen atoms in total. The number of nitrogens with one attached hydrogen (secondary N) is 1. The summed E-state index contributed by atoms with van der Waals surface area (Å²) in [6, 6.07) is 4.32. The van der Waals surface area contributed by atoms with Crippen LogP contribution in [0.5, 0.6) is 0 Å². The second-order valence-corrected chi connectivity index (χ2v) is 8.00. The number of rotatable bonds is 4. The van der Waals surface area contributed by atoms with Gasteiger partial charge in [0.05, 0.1) is 16.8 Å². The van der Waals surface area contributed by atoms with Crippen molar-refractivity contribution in [1.82, 2.24) is 9.71 Å². The minimum absolute atomic E-state index is 0.217. The topological polar surface area (TPSA) is 24.9 Å². The second-order valence-electron chi connectivity index (χ2n) is 5.90. The first kappa shape index (κ1) is 14.2. The average molecular weight is 285 g/mol. The van der Waals surface area contributed by atoms with Crippen LogP contribution >= 0.6 is 23.5 Å². The van der Waals surface area contributed by atoms with Crippen LogP contribution in [0.2, 0.25) is 5.02 Å².